The fraction of sp³-hybridized carbons (Fsp3) is 0.800. The summed E-state index contributed by atoms with van der Waals surface area (Å²) in [4.78, 5) is 11.2. The highest BCUT2D eigenvalue weighted by Crippen LogP contribution is 2.10. The Morgan fingerprint density at radius 2 is 2.47 bits per heavy atom. The zero-order chi connectivity index (χ0) is 10.9. The van der Waals surface area contributed by atoms with E-state index in [0.29, 0.717) is 25.4 Å². The standard InChI is InChI=1S/C10H17N3O2/c11-3-1-4-13-10(14)7-12-6-9-2-5-15-8-9/h9,12H,1-2,4-8H2,(H,13,14). The van der Waals surface area contributed by atoms with E-state index in [1.807, 2.05) is 6.07 Å². The van der Waals surface area contributed by atoms with E-state index in [-0.39, 0.29) is 5.91 Å². The van der Waals surface area contributed by atoms with Gasteiger partial charge in [0.05, 0.1) is 25.6 Å². The first-order valence-electron chi connectivity index (χ1n) is 5.25. The third kappa shape index (κ3) is 5.35. The summed E-state index contributed by atoms with van der Waals surface area (Å²) in [6, 6.07) is 1.97. The highest BCUT2D eigenvalue weighted by atomic mass is 16.5. The second kappa shape index (κ2) is 7.21. The Labute approximate surface area is 89.8 Å². The van der Waals surface area contributed by atoms with Crippen LogP contribution in [0.2, 0.25) is 0 Å². The van der Waals surface area contributed by atoms with Crippen molar-refractivity contribution in [2.24, 2.45) is 5.92 Å². The van der Waals surface area contributed by atoms with Crippen molar-refractivity contribution in [3.63, 3.8) is 0 Å². The zero-order valence-corrected chi connectivity index (χ0v) is 8.79. The van der Waals surface area contributed by atoms with Gasteiger partial charge in [-0.2, -0.15) is 5.26 Å². The lowest BCUT2D eigenvalue weighted by atomic mass is 10.1. The van der Waals surface area contributed by atoms with Gasteiger partial charge in [-0.25, -0.2) is 0 Å². The van der Waals surface area contributed by atoms with Gasteiger partial charge in [0.25, 0.3) is 0 Å². The molecule has 1 fully saturated rings. The number of nitriles is 1. The summed E-state index contributed by atoms with van der Waals surface area (Å²) >= 11 is 0. The molecule has 0 bridgehead atoms. The van der Waals surface area contributed by atoms with Gasteiger partial charge in [0, 0.05) is 19.7 Å². The maximum Gasteiger partial charge on any atom is 0.233 e. The van der Waals surface area contributed by atoms with E-state index in [2.05, 4.69) is 10.6 Å². The molecule has 5 nitrogen and oxygen atoms in total. The normalized spacial score (nSPS) is 19.8. The van der Waals surface area contributed by atoms with Gasteiger partial charge < -0.3 is 15.4 Å². The number of hydrogen-bond donors (Lipinski definition) is 2. The minimum atomic E-state index is -0.0517. The monoisotopic (exact) mass is 211 g/mol. The van der Waals surface area contributed by atoms with E-state index < -0.39 is 0 Å². The molecule has 0 saturated carbocycles. The van der Waals surface area contributed by atoms with Crippen LogP contribution in [0.5, 0.6) is 0 Å². The van der Waals surface area contributed by atoms with Crippen LogP contribution in [0.4, 0.5) is 0 Å². The van der Waals surface area contributed by atoms with Gasteiger partial charge in [0.2, 0.25) is 5.91 Å². The lowest BCUT2D eigenvalue weighted by Crippen LogP contribution is -2.36. The second-order valence-corrected chi connectivity index (χ2v) is 3.62. The van der Waals surface area contributed by atoms with E-state index in [1.165, 1.54) is 0 Å². The molecule has 1 heterocycles. The maximum atomic E-state index is 11.2. The van der Waals surface area contributed by atoms with Crippen molar-refractivity contribution >= 4 is 5.91 Å². The van der Waals surface area contributed by atoms with Gasteiger partial charge in [-0.1, -0.05) is 0 Å². The third-order valence-electron chi connectivity index (χ3n) is 2.30. The van der Waals surface area contributed by atoms with Crippen LogP contribution >= 0.6 is 0 Å². The summed E-state index contributed by atoms with van der Waals surface area (Å²) in [7, 11) is 0. The van der Waals surface area contributed by atoms with Crippen molar-refractivity contribution in [2.45, 2.75) is 12.8 Å². The molecule has 0 aromatic heterocycles. The Morgan fingerprint density at radius 1 is 1.60 bits per heavy atom. The first-order chi connectivity index (χ1) is 7.33. The molecule has 0 spiro atoms. The number of amides is 1. The summed E-state index contributed by atoms with van der Waals surface area (Å²) in [5.74, 6) is 0.487. The summed E-state index contributed by atoms with van der Waals surface area (Å²) < 4.78 is 5.22. The van der Waals surface area contributed by atoms with Crippen molar-refractivity contribution in [1.29, 1.82) is 5.26 Å². The van der Waals surface area contributed by atoms with E-state index >= 15 is 0 Å². The summed E-state index contributed by atoms with van der Waals surface area (Å²) in [5.41, 5.74) is 0. The molecule has 1 rings (SSSR count). The number of ether oxygens (including phenoxy) is 1. The average molecular weight is 211 g/mol. The lowest BCUT2D eigenvalue weighted by molar-refractivity contribution is -0.120. The fourth-order valence-electron chi connectivity index (χ4n) is 1.45. The third-order valence-corrected chi connectivity index (χ3v) is 2.30. The molecule has 1 amide bonds. The minimum Gasteiger partial charge on any atom is -0.381 e. The molecular formula is C10H17N3O2. The van der Waals surface area contributed by atoms with Crippen LogP contribution in [0, 0.1) is 17.2 Å². The molecule has 0 aliphatic carbocycles. The highest BCUT2D eigenvalue weighted by Gasteiger charge is 2.14. The Hall–Kier alpha value is -1.12. The summed E-state index contributed by atoms with van der Waals surface area (Å²) in [6.45, 7) is 3.21. The first kappa shape index (κ1) is 12.0. The average Bonchev–Trinajstić information content (AvgIpc) is 2.71. The summed E-state index contributed by atoms with van der Waals surface area (Å²) in [6.07, 6.45) is 1.44. The number of nitrogens with zero attached hydrogens (tertiary/aromatic N) is 1. The van der Waals surface area contributed by atoms with E-state index in [4.69, 9.17) is 10.00 Å². The van der Waals surface area contributed by atoms with Crippen LogP contribution in [0.3, 0.4) is 0 Å². The van der Waals surface area contributed by atoms with E-state index in [1.54, 1.807) is 0 Å². The van der Waals surface area contributed by atoms with Crippen LogP contribution in [0.25, 0.3) is 0 Å². The molecule has 0 radical (unpaired) electrons. The largest absolute Gasteiger partial charge is 0.381 e. The highest BCUT2D eigenvalue weighted by molar-refractivity contribution is 5.77. The fourth-order valence-corrected chi connectivity index (χ4v) is 1.45. The molecular weight excluding hydrogens is 194 g/mol. The lowest BCUT2D eigenvalue weighted by Gasteiger charge is -2.08. The molecule has 5 heteroatoms. The number of carbonyl (C=O) groups is 1. The molecule has 1 unspecified atom stereocenters. The molecule has 84 valence electrons. The zero-order valence-electron chi connectivity index (χ0n) is 8.79. The van der Waals surface area contributed by atoms with Crippen LogP contribution in [-0.2, 0) is 9.53 Å². The topological polar surface area (TPSA) is 74.2 Å². The number of carbonyl (C=O) groups excluding carboxylic acids is 1. The maximum absolute atomic E-state index is 11.2. The van der Waals surface area contributed by atoms with Gasteiger partial charge in [-0.05, 0) is 12.3 Å². The number of nitrogens with one attached hydrogen (secondary N) is 2. The van der Waals surface area contributed by atoms with Gasteiger partial charge in [0.15, 0.2) is 0 Å². The van der Waals surface area contributed by atoms with Gasteiger partial charge in [-0.3, -0.25) is 4.79 Å². The molecule has 15 heavy (non-hydrogen) atoms. The quantitative estimate of drug-likeness (QED) is 0.588. The van der Waals surface area contributed by atoms with Crippen molar-refractivity contribution in [3.05, 3.63) is 0 Å². The van der Waals surface area contributed by atoms with Gasteiger partial charge in [0.1, 0.15) is 0 Å². The Balaban J connectivity index is 1.94. The van der Waals surface area contributed by atoms with Crippen LogP contribution in [-0.4, -0.2) is 38.8 Å². The SMILES string of the molecule is N#CCCNC(=O)CNCC1CCOC1. The molecule has 1 saturated heterocycles. The van der Waals surface area contributed by atoms with E-state index in [9.17, 15) is 4.79 Å². The second-order valence-electron chi connectivity index (χ2n) is 3.62. The van der Waals surface area contributed by atoms with E-state index in [0.717, 1.165) is 26.2 Å². The van der Waals surface area contributed by atoms with Crippen molar-refractivity contribution in [1.82, 2.24) is 10.6 Å². The van der Waals surface area contributed by atoms with Crippen LogP contribution in [0.15, 0.2) is 0 Å². The van der Waals surface area contributed by atoms with Gasteiger partial charge in [-0.15, -0.1) is 0 Å². The number of hydrogen-bond acceptors (Lipinski definition) is 4. The predicted molar refractivity (Wildman–Crippen MR) is 55.0 cm³/mol. The molecule has 0 aromatic rings. The Morgan fingerprint density at radius 3 is 3.13 bits per heavy atom. The smallest absolute Gasteiger partial charge is 0.233 e. The first-order valence-corrected chi connectivity index (χ1v) is 5.25. The van der Waals surface area contributed by atoms with Gasteiger partial charge >= 0.3 is 0 Å². The van der Waals surface area contributed by atoms with Crippen molar-refractivity contribution < 1.29 is 9.53 Å². The van der Waals surface area contributed by atoms with Crippen molar-refractivity contribution in [3.8, 4) is 6.07 Å². The molecule has 1 aliphatic heterocycles. The van der Waals surface area contributed by atoms with Crippen LogP contribution in [0.1, 0.15) is 12.8 Å². The molecule has 1 atom stereocenters. The number of rotatable bonds is 6. The molecule has 0 aromatic carbocycles. The Kier molecular flexibility index (Phi) is 5.74. The predicted octanol–water partition coefficient (Wildman–Crippen LogP) is -0.358. The Bertz CT molecular complexity index is 231. The molecule has 1 aliphatic rings. The van der Waals surface area contributed by atoms with Crippen LogP contribution < -0.4 is 10.6 Å². The molecule has 2 N–H and O–H groups in total. The minimum absolute atomic E-state index is 0.0517. The summed E-state index contributed by atoms with van der Waals surface area (Å²) in [5, 5.41) is 14.0. The van der Waals surface area contributed by atoms with Crippen molar-refractivity contribution in [2.75, 3.05) is 32.8 Å².